The molecule has 4 heteroatoms. The molecule has 1 saturated heterocycles. The predicted molar refractivity (Wildman–Crippen MR) is 98.0 cm³/mol. The standard InChI is InChI=1S/C20H19ClN2O/c1-15-3-2-4-19(13-15)23-11-12-24-20(23)16-9-10-22(14-16)18-7-5-17(21)6-8-18/h2-10,13-14,20H,11-12H2,1H3. The number of anilines is 1. The normalized spacial score (nSPS) is 17.4. The molecule has 4 rings (SSSR count). The lowest BCUT2D eigenvalue weighted by Crippen LogP contribution is -2.23. The van der Waals surface area contributed by atoms with Crippen LogP contribution in [0.4, 0.5) is 5.69 Å². The minimum atomic E-state index is -0.0413. The van der Waals surface area contributed by atoms with Crippen LogP contribution in [0.15, 0.2) is 67.0 Å². The molecule has 1 fully saturated rings. The number of hydrogen-bond donors (Lipinski definition) is 0. The Bertz CT molecular complexity index is 841. The second kappa shape index (κ2) is 6.34. The summed E-state index contributed by atoms with van der Waals surface area (Å²) in [5.74, 6) is 0. The molecule has 1 aliphatic heterocycles. The van der Waals surface area contributed by atoms with Crippen molar-refractivity contribution < 1.29 is 4.74 Å². The Morgan fingerprint density at radius 1 is 1.04 bits per heavy atom. The molecule has 3 nitrogen and oxygen atoms in total. The summed E-state index contributed by atoms with van der Waals surface area (Å²) in [6, 6.07) is 18.5. The molecule has 1 unspecified atom stereocenters. The molecule has 2 heterocycles. The molecule has 3 aromatic rings. The third-order valence-electron chi connectivity index (χ3n) is 4.35. The van der Waals surface area contributed by atoms with Gasteiger partial charge in [-0.15, -0.1) is 0 Å². The summed E-state index contributed by atoms with van der Waals surface area (Å²) in [6.45, 7) is 3.76. The Balaban J connectivity index is 1.62. The van der Waals surface area contributed by atoms with Gasteiger partial charge in [-0.05, 0) is 55.0 Å². The van der Waals surface area contributed by atoms with E-state index in [4.69, 9.17) is 16.3 Å². The Labute approximate surface area is 147 Å². The number of halogens is 1. The van der Waals surface area contributed by atoms with E-state index in [2.05, 4.69) is 59.1 Å². The van der Waals surface area contributed by atoms with Gasteiger partial charge in [-0.1, -0.05) is 23.7 Å². The zero-order chi connectivity index (χ0) is 16.5. The topological polar surface area (TPSA) is 17.4 Å². The molecule has 1 aromatic heterocycles. The average molecular weight is 339 g/mol. The van der Waals surface area contributed by atoms with Gasteiger partial charge in [0.25, 0.3) is 0 Å². The molecular weight excluding hydrogens is 320 g/mol. The van der Waals surface area contributed by atoms with Crippen molar-refractivity contribution in [3.05, 3.63) is 83.1 Å². The van der Waals surface area contributed by atoms with Gasteiger partial charge in [0.15, 0.2) is 6.23 Å². The molecule has 0 bridgehead atoms. The Morgan fingerprint density at radius 2 is 1.88 bits per heavy atom. The summed E-state index contributed by atoms with van der Waals surface area (Å²) < 4.78 is 8.10. The zero-order valence-electron chi connectivity index (χ0n) is 13.5. The number of aromatic nitrogens is 1. The third kappa shape index (κ3) is 2.93. The molecule has 122 valence electrons. The highest BCUT2D eigenvalue weighted by Crippen LogP contribution is 2.33. The van der Waals surface area contributed by atoms with Crippen LogP contribution < -0.4 is 4.90 Å². The van der Waals surface area contributed by atoms with Gasteiger partial charge in [-0.25, -0.2) is 0 Å². The summed E-state index contributed by atoms with van der Waals surface area (Å²) in [7, 11) is 0. The van der Waals surface area contributed by atoms with E-state index in [1.807, 2.05) is 24.3 Å². The fraction of sp³-hybridized carbons (Fsp3) is 0.200. The SMILES string of the molecule is Cc1cccc(N2CCOC2c2ccn(-c3ccc(Cl)cc3)c2)c1. The summed E-state index contributed by atoms with van der Waals surface area (Å²) in [4.78, 5) is 2.31. The number of aryl methyl sites for hydroxylation is 1. The third-order valence-corrected chi connectivity index (χ3v) is 4.60. The molecule has 0 spiro atoms. The second-order valence-electron chi connectivity index (χ2n) is 6.08. The van der Waals surface area contributed by atoms with Crippen molar-refractivity contribution >= 4 is 17.3 Å². The minimum absolute atomic E-state index is 0.0413. The van der Waals surface area contributed by atoms with Crippen LogP contribution in [0.5, 0.6) is 0 Å². The first-order valence-electron chi connectivity index (χ1n) is 8.09. The molecular formula is C20H19ClN2O. The van der Waals surface area contributed by atoms with Crippen molar-refractivity contribution in [3.8, 4) is 5.69 Å². The minimum Gasteiger partial charge on any atom is -0.352 e. The van der Waals surface area contributed by atoms with Crippen molar-refractivity contribution in [3.63, 3.8) is 0 Å². The highest BCUT2D eigenvalue weighted by molar-refractivity contribution is 6.30. The quantitative estimate of drug-likeness (QED) is 0.670. The lowest BCUT2D eigenvalue weighted by molar-refractivity contribution is 0.114. The number of rotatable bonds is 3. The molecule has 0 saturated carbocycles. The summed E-state index contributed by atoms with van der Waals surface area (Å²) in [6.07, 6.45) is 4.15. The lowest BCUT2D eigenvalue weighted by Gasteiger charge is -2.25. The number of ether oxygens (including phenoxy) is 1. The molecule has 0 amide bonds. The van der Waals surface area contributed by atoms with Crippen molar-refractivity contribution in [2.75, 3.05) is 18.1 Å². The maximum absolute atomic E-state index is 6.01. The van der Waals surface area contributed by atoms with E-state index < -0.39 is 0 Å². The zero-order valence-corrected chi connectivity index (χ0v) is 14.3. The summed E-state index contributed by atoms with van der Waals surface area (Å²) >= 11 is 5.97. The highest BCUT2D eigenvalue weighted by atomic mass is 35.5. The maximum Gasteiger partial charge on any atom is 0.158 e. The molecule has 24 heavy (non-hydrogen) atoms. The van der Waals surface area contributed by atoms with Gasteiger partial charge in [0.2, 0.25) is 0 Å². The molecule has 0 N–H and O–H groups in total. The molecule has 0 aliphatic carbocycles. The van der Waals surface area contributed by atoms with Gasteiger partial charge >= 0.3 is 0 Å². The first-order valence-corrected chi connectivity index (χ1v) is 8.47. The largest absolute Gasteiger partial charge is 0.352 e. The van der Waals surface area contributed by atoms with Crippen LogP contribution in [0.2, 0.25) is 5.02 Å². The van der Waals surface area contributed by atoms with E-state index in [-0.39, 0.29) is 6.23 Å². The van der Waals surface area contributed by atoms with Gasteiger partial charge in [0.05, 0.1) is 6.61 Å². The van der Waals surface area contributed by atoms with Gasteiger partial charge in [0, 0.05) is 40.9 Å². The fourth-order valence-corrected chi connectivity index (χ4v) is 3.28. The van der Waals surface area contributed by atoms with Gasteiger partial charge in [-0.2, -0.15) is 0 Å². The monoisotopic (exact) mass is 338 g/mol. The summed E-state index contributed by atoms with van der Waals surface area (Å²) in [5, 5.41) is 0.746. The van der Waals surface area contributed by atoms with E-state index >= 15 is 0 Å². The van der Waals surface area contributed by atoms with Gasteiger partial charge in [-0.3, -0.25) is 0 Å². The molecule has 1 aliphatic rings. The van der Waals surface area contributed by atoms with E-state index in [1.54, 1.807) is 0 Å². The van der Waals surface area contributed by atoms with Crippen LogP contribution >= 0.6 is 11.6 Å². The lowest BCUT2D eigenvalue weighted by atomic mass is 10.2. The first-order chi connectivity index (χ1) is 11.7. The van der Waals surface area contributed by atoms with Crippen molar-refractivity contribution in [2.45, 2.75) is 13.2 Å². The van der Waals surface area contributed by atoms with Crippen LogP contribution in [0.25, 0.3) is 5.69 Å². The Hall–Kier alpha value is -2.23. The van der Waals surface area contributed by atoms with Crippen LogP contribution in [-0.2, 0) is 4.74 Å². The Kier molecular flexibility index (Phi) is 4.05. The van der Waals surface area contributed by atoms with E-state index in [0.29, 0.717) is 0 Å². The van der Waals surface area contributed by atoms with Crippen LogP contribution in [0.3, 0.4) is 0 Å². The van der Waals surface area contributed by atoms with Gasteiger partial charge in [0.1, 0.15) is 0 Å². The molecule has 1 atom stereocenters. The second-order valence-corrected chi connectivity index (χ2v) is 6.52. The van der Waals surface area contributed by atoms with Crippen LogP contribution in [0, 0.1) is 6.92 Å². The number of benzene rings is 2. The van der Waals surface area contributed by atoms with E-state index in [1.165, 1.54) is 11.3 Å². The van der Waals surface area contributed by atoms with Crippen LogP contribution in [-0.4, -0.2) is 17.7 Å². The molecule has 2 aromatic carbocycles. The number of nitrogens with zero attached hydrogens (tertiary/aromatic N) is 2. The van der Waals surface area contributed by atoms with Crippen molar-refractivity contribution in [1.82, 2.24) is 4.57 Å². The van der Waals surface area contributed by atoms with Gasteiger partial charge < -0.3 is 14.2 Å². The smallest absolute Gasteiger partial charge is 0.158 e. The van der Waals surface area contributed by atoms with Crippen molar-refractivity contribution in [1.29, 1.82) is 0 Å². The average Bonchev–Trinajstić information content (AvgIpc) is 3.24. The Morgan fingerprint density at radius 3 is 2.67 bits per heavy atom. The van der Waals surface area contributed by atoms with Crippen LogP contribution in [0.1, 0.15) is 17.4 Å². The van der Waals surface area contributed by atoms with Crippen molar-refractivity contribution in [2.24, 2.45) is 0 Å². The first kappa shape index (κ1) is 15.3. The summed E-state index contributed by atoms with van der Waals surface area (Å²) in [5.41, 5.74) is 4.71. The fourth-order valence-electron chi connectivity index (χ4n) is 3.15. The maximum atomic E-state index is 6.01. The van der Waals surface area contributed by atoms with E-state index in [9.17, 15) is 0 Å². The molecule has 0 radical (unpaired) electrons. The number of hydrogen-bond acceptors (Lipinski definition) is 2. The predicted octanol–water partition coefficient (Wildman–Crippen LogP) is 4.97. The van der Waals surface area contributed by atoms with E-state index in [0.717, 1.165) is 29.4 Å². The highest BCUT2D eigenvalue weighted by Gasteiger charge is 2.27.